The lowest BCUT2D eigenvalue weighted by atomic mass is 10.1. The third kappa shape index (κ3) is 3.66. The molecule has 0 saturated carbocycles. The number of nitrogens with zero attached hydrogens (tertiary/aromatic N) is 1. The van der Waals surface area contributed by atoms with E-state index in [4.69, 9.17) is 11.6 Å². The van der Waals surface area contributed by atoms with E-state index in [0.29, 0.717) is 15.1 Å². The van der Waals surface area contributed by atoms with Crippen LogP contribution in [-0.2, 0) is 11.2 Å². The smallest absolute Gasteiger partial charge is 0.264 e. The van der Waals surface area contributed by atoms with Gasteiger partial charge in [0.2, 0.25) is 0 Å². The first-order valence-electron chi connectivity index (χ1n) is 7.29. The molecule has 0 unspecified atom stereocenters. The molecular formula is C18H15ClN2OS. The number of nitrogens with one attached hydrogen (secondary N) is 1. The normalized spacial score (nSPS) is 17.7. The van der Waals surface area contributed by atoms with Crippen LogP contribution in [0.25, 0.3) is 6.08 Å². The highest BCUT2D eigenvalue weighted by Crippen LogP contribution is 2.30. The second kappa shape index (κ2) is 7.02. The topological polar surface area (TPSA) is 41.5 Å². The number of para-hydroxylation sites is 1. The summed E-state index contributed by atoms with van der Waals surface area (Å²) in [7, 11) is 0. The fraction of sp³-hybridized carbons (Fsp3) is 0.111. The van der Waals surface area contributed by atoms with Crippen molar-refractivity contribution in [1.82, 2.24) is 5.32 Å². The van der Waals surface area contributed by atoms with Crippen LogP contribution in [0.2, 0.25) is 5.02 Å². The van der Waals surface area contributed by atoms with Crippen molar-refractivity contribution < 1.29 is 4.79 Å². The van der Waals surface area contributed by atoms with Crippen LogP contribution in [0.15, 0.2) is 58.4 Å². The van der Waals surface area contributed by atoms with E-state index in [0.717, 1.165) is 23.2 Å². The highest BCUT2D eigenvalue weighted by Gasteiger charge is 2.24. The number of aliphatic imine (C=N–C) groups is 1. The minimum atomic E-state index is -0.150. The number of carbonyl (C=O) groups is 1. The average molecular weight is 343 g/mol. The highest BCUT2D eigenvalue weighted by molar-refractivity contribution is 8.18. The maximum atomic E-state index is 12.1. The van der Waals surface area contributed by atoms with Gasteiger partial charge in [-0.2, -0.15) is 0 Å². The molecule has 2 aromatic rings. The first-order valence-corrected chi connectivity index (χ1v) is 8.49. The SMILES string of the molecule is CCc1ccccc1N=C1NC(=O)/C(=C/c2ccccc2Cl)S1. The average Bonchev–Trinajstić information content (AvgIpc) is 2.89. The van der Waals surface area contributed by atoms with E-state index >= 15 is 0 Å². The van der Waals surface area contributed by atoms with Gasteiger partial charge in [-0.05, 0) is 47.5 Å². The van der Waals surface area contributed by atoms with Gasteiger partial charge in [-0.1, -0.05) is 54.9 Å². The number of rotatable bonds is 3. The quantitative estimate of drug-likeness (QED) is 0.814. The van der Waals surface area contributed by atoms with Crippen molar-refractivity contribution in [3.05, 3.63) is 69.6 Å². The van der Waals surface area contributed by atoms with Crippen molar-refractivity contribution in [2.45, 2.75) is 13.3 Å². The van der Waals surface area contributed by atoms with E-state index in [2.05, 4.69) is 17.2 Å². The van der Waals surface area contributed by atoms with Crippen LogP contribution < -0.4 is 5.32 Å². The van der Waals surface area contributed by atoms with Gasteiger partial charge in [0.15, 0.2) is 5.17 Å². The summed E-state index contributed by atoms with van der Waals surface area (Å²) in [6, 6.07) is 15.4. The van der Waals surface area contributed by atoms with Crippen molar-refractivity contribution in [3.63, 3.8) is 0 Å². The number of halogens is 1. The van der Waals surface area contributed by atoms with Crippen LogP contribution in [0.3, 0.4) is 0 Å². The Morgan fingerprint density at radius 3 is 2.70 bits per heavy atom. The molecule has 3 rings (SSSR count). The Labute approximate surface area is 144 Å². The molecule has 0 radical (unpaired) electrons. The Kier molecular flexibility index (Phi) is 4.84. The largest absolute Gasteiger partial charge is 0.300 e. The molecule has 0 atom stereocenters. The molecule has 0 aliphatic carbocycles. The summed E-state index contributed by atoms with van der Waals surface area (Å²) in [6.45, 7) is 2.09. The highest BCUT2D eigenvalue weighted by atomic mass is 35.5. The molecule has 23 heavy (non-hydrogen) atoms. The van der Waals surface area contributed by atoms with Gasteiger partial charge in [-0.25, -0.2) is 4.99 Å². The number of carbonyl (C=O) groups excluding carboxylic acids is 1. The lowest BCUT2D eigenvalue weighted by molar-refractivity contribution is -0.115. The van der Waals surface area contributed by atoms with Gasteiger partial charge in [-0.15, -0.1) is 0 Å². The molecular weight excluding hydrogens is 328 g/mol. The summed E-state index contributed by atoms with van der Waals surface area (Å²) in [5, 5.41) is 4.02. The molecule has 1 N–H and O–H groups in total. The van der Waals surface area contributed by atoms with Crippen molar-refractivity contribution in [2.24, 2.45) is 4.99 Å². The molecule has 1 saturated heterocycles. The molecule has 0 spiro atoms. The van der Waals surface area contributed by atoms with Crippen molar-refractivity contribution in [2.75, 3.05) is 0 Å². The van der Waals surface area contributed by atoms with E-state index in [1.54, 1.807) is 12.1 Å². The van der Waals surface area contributed by atoms with E-state index < -0.39 is 0 Å². The Bertz CT molecular complexity index is 814. The van der Waals surface area contributed by atoms with Gasteiger partial charge < -0.3 is 5.32 Å². The number of thioether (sulfide) groups is 1. The molecule has 116 valence electrons. The molecule has 0 aromatic heterocycles. The summed E-state index contributed by atoms with van der Waals surface area (Å²) in [5.74, 6) is -0.150. The second-order valence-electron chi connectivity index (χ2n) is 4.99. The van der Waals surface area contributed by atoms with E-state index in [9.17, 15) is 4.79 Å². The minimum Gasteiger partial charge on any atom is -0.300 e. The fourth-order valence-electron chi connectivity index (χ4n) is 2.24. The molecule has 3 nitrogen and oxygen atoms in total. The summed E-state index contributed by atoms with van der Waals surface area (Å²) in [4.78, 5) is 17.3. The number of amides is 1. The Morgan fingerprint density at radius 1 is 1.17 bits per heavy atom. The van der Waals surface area contributed by atoms with Crippen LogP contribution in [0.1, 0.15) is 18.1 Å². The molecule has 2 aromatic carbocycles. The van der Waals surface area contributed by atoms with Crippen molar-refractivity contribution in [1.29, 1.82) is 0 Å². The number of hydrogen-bond acceptors (Lipinski definition) is 3. The van der Waals surface area contributed by atoms with Crippen LogP contribution in [0, 0.1) is 0 Å². The number of benzene rings is 2. The second-order valence-corrected chi connectivity index (χ2v) is 6.42. The Balaban J connectivity index is 1.88. The van der Waals surface area contributed by atoms with Gasteiger partial charge in [0.1, 0.15) is 0 Å². The number of aryl methyl sites for hydroxylation is 1. The Hall–Kier alpha value is -2.04. The zero-order valence-electron chi connectivity index (χ0n) is 12.5. The van der Waals surface area contributed by atoms with Gasteiger partial charge in [-0.3, -0.25) is 4.79 Å². The lowest BCUT2D eigenvalue weighted by Gasteiger charge is -2.02. The lowest BCUT2D eigenvalue weighted by Crippen LogP contribution is -2.19. The summed E-state index contributed by atoms with van der Waals surface area (Å²) < 4.78 is 0. The molecule has 5 heteroatoms. The van der Waals surface area contributed by atoms with Gasteiger partial charge in [0, 0.05) is 5.02 Å². The van der Waals surface area contributed by atoms with Gasteiger partial charge in [0.05, 0.1) is 10.6 Å². The summed E-state index contributed by atoms with van der Waals surface area (Å²) >= 11 is 7.47. The van der Waals surface area contributed by atoms with E-state index in [1.807, 2.05) is 42.5 Å². The number of hydrogen-bond donors (Lipinski definition) is 1. The molecule has 1 amide bonds. The van der Waals surface area contributed by atoms with Crippen LogP contribution in [0.4, 0.5) is 5.69 Å². The monoisotopic (exact) mass is 342 g/mol. The van der Waals surface area contributed by atoms with Gasteiger partial charge in [0.25, 0.3) is 5.91 Å². The molecule has 1 aliphatic rings. The summed E-state index contributed by atoms with van der Waals surface area (Å²) in [6.07, 6.45) is 2.68. The predicted octanol–water partition coefficient (Wildman–Crippen LogP) is 4.79. The zero-order chi connectivity index (χ0) is 16.2. The van der Waals surface area contributed by atoms with Crippen LogP contribution >= 0.6 is 23.4 Å². The fourth-order valence-corrected chi connectivity index (χ4v) is 3.26. The van der Waals surface area contributed by atoms with Crippen molar-refractivity contribution in [3.8, 4) is 0 Å². The maximum Gasteiger partial charge on any atom is 0.264 e. The number of amidine groups is 1. The summed E-state index contributed by atoms with van der Waals surface area (Å²) in [5.41, 5.74) is 2.86. The van der Waals surface area contributed by atoms with E-state index in [1.165, 1.54) is 11.8 Å². The van der Waals surface area contributed by atoms with Crippen molar-refractivity contribution >= 4 is 46.2 Å². The maximum absolute atomic E-state index is 12.1. The molecule has 0 bridgehead atoms. The molecule has 1 fully saturated rings. The standard InChI is InChI=1S/C18H15ClN2OS/c1-2-12-7-4-6-10-15(12)20-18-21-17(22)16(23-18)11-13-8-3-5-9-14(13)19/h3-11H,2H2,1H3,(H,20,21,22)/b16-11-. The molecule has 1 aliphatic heterocycles. The third-order valence-electron chi connectivity index (χ3n) is 3.44. The zero-order valence-corrected chi connectivity index (χ0v) is 14.1. The predicted molar refractivity (Wildman–Crippen MR) is 98.1 cm³/mol. The Morgan fingerprint density at radius 2 is 1.91 bits per heavy atom. The van der Waals surface area contributed by atoms with E-state index in [-0.39, 0.29) is 5.91 Å². The first-order chi connectivity index (χ1) is 11.2. The first kappa shape index (κ1) is 15.8. The minimum absolute atomic E-state index is 0.150. The third-order valence-corrected chi connectivity index (χ3v) is 4.69. The molecule has 1 heterocycles. The van der Waals surface area contributed by atoms with Crippen LogP contribution in [-0.4, -0.2) is 11.1 Å². The van der Waals surface area contributed by atoms with Gasteiger partial charge >= 0.3 is 0 Å². The van der Waals surface area contributed by atoms with Crippen LogP contribution in [0.5, 0.6) is 0 Å².